The van der Waals surface area contributed by atoms with Crippen LogP contribution in [0.3, 0.4) is 0 Å². The zero-order valence-corrected chi connectivity index (χ0v) is 11.2. The van der Waals surface area contributed by atoms with E-state index in [2.05, 4.69) is 5.32 Å². The van der Waals surface area contributed by atoms with Crippen LogP contribution in [0.4, 0.5) is 15.8 Å². The molecule has 0 heterocycles. The van der Waals surface area contributed by atoms with E-state index in [0.717, 1.165) is 11.6 Å². The van der Waals surface area contributed by atoms with Gasteiger partial charge >= 0.3 is 0 Å². The molecular weight excluding hydrogens is 259 g/mol. The number of nitrogens with two attached hydrogens (primary N) is 1. The van der Waals surface area contributed by atoms with Crippen LogP contribution in [0.15, 0.2) is 36.4 Å². The molecule has 0 unspecified atom stereocenters. The minimum absolute atomic E-state index is 0.0641. The number of benzene rings is 2. The number of anilines is 2. The van der Waals surface area contributed by atoms with Crippen LogP contribution in [-0.4, -0.2) is 13.0 Å². The number of hydrogen-bond donors (Lipinski definition) is 2. The van der Waals surface area contributed by atoms with Gasteiger partial charge in [0.1, 0.15) is 11.6 Å². The normalized spacial score (nSPS) is 10.2. The van der Waals surface area contributed by atoms with E-state index in [9.17, 15) is 9.18 Å². The van der Waals surface area contributed by atoms with Crippen molar-refractivity contribution in [3.8, 4) is 5.75 Å². The Hall–Kier alpha value is -2.56. The fourth-order valence-corrected chi connectivity index (χ4v) is 1.79. The van der Waals surface area contributed by atoms with E-state index in [1.54, 1.807) is 12.1 Å². The van der Waals surface area contributed by atoms with Gasteiger partial charge < -0.3 is 15.8 Å². The predicted molar refractivity (Wildman–Crippen MR) is 76.5 cm³/mol. The lowest BCUT2D eigenvalue weighted by Gasteiger charge is -2.10. The first-order valence-corrected chi connectivity index (χ1v) is 6.02. The minimum atomic E-state index is -0.646. The van der Waals surface area contributed by atoms with Crippen molar-refractivity contribution in [3.63, 3.8) is 0 Å². The molecule has 0 radical (unpaired) electrons. The summed E-state index contributed by atoms with van der Waals surface area (Å²) in [6.45, 7) is 1.89. The summed E-state index contributed by atoms with van der Waals surface area (Å²) in [6, 6.07) is 9.29. The molecular formula is C15H15FN2O2. The number of rotatable bonds is 3. The maximum Gasteiger partial charge on any atom is 0.258 e. The SMILES string of the molecule is COc1ccc(C(=O)Nc2ccc(C)cc2N)c(F)c1. The van der Waals surface area contributed by atoms with Gasteiger partial charge in [0.05, 0.1) is 24.0 Å². The molecule has 3 N–H and O–H groups in total. The van der Waals surface area contributed by atoms with Crippen molar-refractivity contribution in [1.29, 1.82) is 0 Å². The maximum atomic E-state index is 13.8. The molecule has 0 fully saturated rings. The molecule has 0 bridgehead atoms. The van der Waals surface area contributed by atoms with Crippen LogP contribution in [0.2, 0.25) is 0 Å². The smallest absolute Gasteiger partial charge is 0.258 e. The molecule has 0 aliphatic heterocycles. The Labute approximate surface area is 116 Å². The maximum absolute atomic E-state index is 13.8. The van der Waals surface area contributed by atoms with Gasteiger partial charge in [0.15, 0.2) is 0 Å². The van der Waals surface area contributed by atoms with Gasteiger partial charge in [-0.15, -0.1) is 0 Å². The first-order valence-electron chi connectivity index (χ1n) is 6.02. The van der Waals surface area contributed by atoms with Crippen LogP contribution in [-0.2, 0) is 0 Å². The molecule has 4 nitrogen and oxygen atoms in total. The fraction of sp³-hybridized carbons (Fsp3) is 0.133. The van der Waals surface area contributed by atoms with E-state index < -0.39 is 11.7 Å². The fourth-order valence-electron chi connectivity index (χ4n) is 1.79. The van der Waals surface area contributed by atoms with Crippen molar-refractivity contribution in [1.82, 2.24) is 0 Å². The Bertz CT molecular complexity index is 656. The summed E-state index contributed by atoms with van der Waals surface area (Å²) in [5, 5.41) is 2.59. The standard InChI is InChI=1S/C15H15FN2O2/c1-9-3-6-14(13(17)7-9)18-15(19)11-5-4-10(20-2)8-12(11)16/h3-8H,17H2,1-2H3,(H,18,19). The number of aryl methyl sites for hydroxylation is 1. The number of methoxy groups -OCH3 is 1. The number of amides is 1. The highest BCUT2D eigenvalue weighted by atomic mass is 19.1. The third kappa shape index (κ3) is 2.88. The number of nitrogens with one attached hydrogen (secondary N) is 1. The summed E-state index contributed by atoms with van der Waals surface area (Å²) >= 11 is 0. The first-order chi connectivity index (χ1) is 9.51. The van der Waals surface area contributed by atoms with Crippen molar-refractivity contribution in [2.45, 2.75) is 6.92 Å². The Morgan fingerprint density at radius 3 is 2.60 bits per heavy atom. The topological polar surface area (TPSA) is 64.3 Å². The number of hydrogen-bond acceptors (Lipinski definition) is 3. The molecule has 20 heavy (non-hydrogen) atoms. The lowest BCUT2D eigenvalue weighted by molar-refractivity contribution is 0.102. The molecule has 0 spiro atoms. The average molecular weight is 274 g/mol. The van der Waals surface area contributed by atoms with Gasteiger partial charge in [-0.1, -0.05) is 6.07 Å². The Morgan fingerprint density at radius 1 is 1.25 bits per heavy atom. The Balaban J connectivity index is 2.24. The molecule has 0 aliphatic carbocycles. The molecule has 2 aromatic carbocycles. The molecule has 2 rings (SSSR count). The second kappa shape index (κ2) is 5.61. The van der Waals surface area contributed by atoms with Crippen LogP contribution in [0.5, 0.6) is 5.75 Å². The molecule has 0 aliphatic rings. The Kier molecular flexibility index (Phi) is 3.89. The molecule has 0 saturated heterocycles. The van der Waals surface area contributed by atoms with Crippen LogP contribution < -0.4 is 15.8 Å². The van der Waals surface area contributed by atoms with Crippen LogP contribution in [0.1, 0.15) is 15.9 Å². The summed E-state index contributed by atoms with van der Waals surface area (Å²) in [4.78, 5) is 12.0. The quantitative estimate of drug-likeness (QED) is 0.846. The highest BCUT2D eigenvalue weighted by Gasteiger charge is 2.13. The number of nitrogen functional groups attached to an aromatic ring is 1. The minimum Gasteiger partial charge on any atom is -0.497 e. The predicted octanol–water partition coefficient (Wildman–Crippen LogP) is 2.98. The van der Waals surface area contributed by atoms with E-state index in [4.69, 9.17) is 10.5 Å². The van der Waals surface area contributed by atoms with E-state index in [1.165, 1.54) is 19.2 Å². The summed E-state index contributed by atoms with van der Waals surface area (Å²) in [5.41, 5.74) is 7.61. The van der Waals surface area contributed by atoms with Crippen molar-refractivity contribution in [3.05, 3.63) is 53.3 Å². The molecule has 0 aromatic heterocycles. The van der Waals surface area contributed by atoms with Gasteiger partial charge in [-0.05, 0) is 36.8 Å². The lowest BCUT2D eigenvalue weighted by atomic mass is 10.1. The van der Waals surface area contributed by atoms with Crippen molar-refractivity contribution in [2.24, 2.45) is 0 Å². The molecule has 5 heteroatoms. The van der Waals surface area contributed by atoms with Crippen molar-refractivity contribution in [2.75, 3.05) is 18.2 Å². The van der Waals surface area contributed by atoms with Gasteiger partial charge in [0.2, 0.25) is 0 Å². The first kappa shape index (κ1) is 13.9. The monoisotopic (exact) mass is 274 g/mol. The number of ether oxygens (including phenoxy) is 1. The number of carbonyl (C=O) groups is 1. The largest absolute Gasteiger partial charge is 0.497 e. The van der Waals surface area contributed by atoms with Gasteiger partial charge in [-0.3, -0.25) is 4.79 Å². The molecule has 0 saturated carbocycles. The summed E-state index contributed by atoms with van der Waals surface area (Å²) < 4.78 is 18.7. The van der Waals surface area contributed by atoms with E-state index >= 15 is 0 Å². The Morgan fingerprint density at radius 2 is 2.00 bits per heavy atom. The van der Waals surface area contributed by atoms with E-state index in [0.29, 0.717) is 17.1 Å². The number of carbonyl (C=O) groups excluding carboxylic acids is 1. The lowest BCUT2D eigenvalue weighted by Crippen LogP contribution is -2.15. The second-order valence-electron chi connectivity index (χ2n) is 4.39. The van der Waals surface area contributed by atoms with E-state index in [-0.39, 0.29) is 5.56 Å². The summed E-state index contributed by atoms with van der Waals surface area (Å²) in [6.07, 6.45) is 0. The third-order valence-corrected chi connectivity index (χ3v) is 2.88. The third-order valence-electron chi connectivity index (χ3n) is 2.88. The van der Waals surface area contributed by atoms with Crippen LogP contribution in [0.25, 0.3) is 0 Å². The van der Waals surface area contributed by atoms with Crippen LogP contribution >= 0.6 is 0 Å². The molecule has 104 valence electrons. The molecule has 0 atom stereocenters. The number of halogens is 1. The van der Waals surface area contributed by atoms with Gasteiger partial charge in [-0.25, -0.2) is 4.39 Å². The molecule has 1 amide bonds. The summed E-state index contributed by atoms with van der Waals surface area (Å²) in [7, 11) is 1.43. The van der Waals surface area contributed by atoms with Gasteiger partial charge in [0.25, 0.3) is 5.91 Å². The average Bonchev–Trinajstić information content (AvgIpc) is 2.41. The van der Waals surface area contributed by atoms with Gasteiger partial charge in [0, 0.05) is 6.07 Å². The van der Waals surface area contributed by atoms with Crippen molar-refractivity contribution < 1.29 is 13.9 Å². The zero-order chi connectivity index (χ0) is 14.7. The van der Waals surface area contributed by atoms with E-state index in [1.807, 2.05) is 13.0 Å². The summed E-state index contributed by atoms with van der Waals surface area (Å²) in [5.74, 6) is -0.845. The highest BCUT2D eigenvalue weighted by molar-refractivity contribution is 6.06. The zero-order valence-electron chi connectivity index (χ0n) is 11.2. The molecule has 2 aromatic rings. The van der Waals surface area contributed by atoms with Crippen LogP contribution in [0, 0.1) is 12.7 Å². The second-order valence-corrected chi connectivity index (χ2v) is 4.39. The van der Waals surface area contributed by atoms with Crippen molar-refractivity contribution >= 4 is 17.3 Å². The highest BCUT2D eigenvalue weighted by Crippen LogP contribution is 2.22. The van der Waals surface area contributed by atoms with Gasteiger partial charge in [-0.2, -0.15) is 0 Å².